The summed E-state index contributed by atoms with van der Waals surface area (Å²) in [5.74, 6) is 1.29. The Morgan fingerprint density at radius 2 is 2.00 bits per heavy atom. The summed E-state index contributed by atoms with van der Waals surface area (Å²) >= 11 is 0. The molecule has 1 amide bonds. The number of amides is 1. The fourth-order valence-corrected chi connectivity index (χ4v) is 2.26. The summed E-state index contributed by atoms with van der Waals surface area (Å²) in [4.78, 5) is 20.5. The predicted molar refractivity (Wildman–Crippen MR) is 78.1 cm³/mol. The van der Waals surface area contributed by atoms with Crippen molar-refractivity contribution in [1.29, 1.82) is 0 Å². The summed E-state index contributed by atoms with van der Waals surface area (Å²) in [7, 11) is 0. The molecule has 0 aliphatic heterocycles. The molecular weight excluding hydrogens is 268 g/mol. The van der Waals surface area contributed by atoms with E-state index in [1.807, 2.05) is 27.7 Å². The Labute approximate surface area is 124 Å². The lowest BCUT2D eigenvalue weighted by molar-refractivity contribution is 0.0938. The fourth-order valence-electron chi connectivity index (χ4n) is 2.26. The van der Waals surface area contributed by atoms with Crippen LogP contribution in [-0.2, 0) is 6.42 Å². The van der Waals surface area contributed by atoms with Crippen molar-refractivity contribution >= 4 is 5.91 Å². The predicted octanol–water partition coefficient (Wildman–Crippen LogP) is 2.06. The van der Waals surface area contributed by atoms with E-state index in [9.17, 15) is 4.79 Å². The first-order valence-corrected chi connectivity index (χ1v) is 6.91. The van der Waals surface area contributed by atoms with Crippen molar-refractivity contribution in [3.63, 3.8) is 0 Å². The van der Waals surface area contributed by atoms with E-state index in [0.717, 1.165) is 17.0 Å². The molecule has 0 aliphatic carbocycles. The third-order valence-electron chi connectivity index (χ3n) is 3.41. The molecule has 2 aromatic rings. The molecule has 0 bridgehead atoms. The van der Waals surface area contributed by atoms with E-state index >= 15 is 0 Å². The van der Waals surface area contributed by atoms with E-state index in [4.69, 9.17) is 4.52 Å². The molecule has 0 fully saturated rings. The van der Waals surface area contributed by atoms with Gasteiger partial charge in [0, 0.05) is 17.8 Å². The van der Waals surface area contributed by atoms with Crippen molar-refractivity contribution in [2.24, 2.45) is 0 Å². The molecule has 112 valence electrons. The molecule has 6 nitrogen and oxygen atoms in total. The molecule has 2 heterocycles. The van der Waals surface area contributed by atoms with Crippen molar-refractivity contribution in [3.8, 4) is 0 Å². The van der Waals surface area contributed by atoms with Crippen LogP contribution < -0.4 is 5.32 Å². The summed E-state index contributed by atoms with van der Waals surface area (Å²) in [6, 6.07) is -0.0324. The standard InChI is InChI=1S/C15H20N4O2/c1-8(6-13-10(3)19-21-11(13)4)17-15(20)14-7-16-12(5)18-9(14)2/h7-8H,6H2,1-5H3,(H,17,20)/t8-/m0/s1. The maximum absolute atomic E-state index is 12.3. The van der Waals surface area contributed by atoms with Crippen LogP contribution in [0.3, 0.4) is 0 Å². The highest BCUT2D eigenvalue weighted by Crippen LogP contribution is 2.14. The summed E-state index contributed by atoms with van der Waals surface area (Å²) in [5, 5.41) is 6.88. The van der Waals surface area contributed by atoms with E-state index in [1.54, 1.807) is 13.1 Å². The maximum Gasteiger partial charge on any atom is 0.254 e. The van der Waals surface area contributed by atoms with E-state index in [2.05, 4.69) is 20.4 Å². The molecule has 0 unspecified atom stereocenters. The van der Waals surface area contributed by atoms with Gasteiger partial charge in [0.25, 0.3) is 5.91 Å². The first-order valence-electron chi connectivity index (χ1n) is 6.91. The Morgan fingerprint density at radius 1 is 1.29 bits per heavy atom. The first kappa shape index (κ1) is 15.2. The van der Waals surface area contributed by atoms with Crippen molar-refractivity contribution < 1.29 is 9.32 Å². The van der Waals surface area contributed by atoms with Gasteiger partial charge in [0.05, 0.1) is 17.0 Å². The van der Waals surface area contributed by atoms with Crippen LogP contribution in [0.15, 0.2) is 10.7 Å². The lowest BCUT2D eigenvalue weighted by atomic mass is 10.1. The topological polar surface area (TPSA) is 80.9 Å². The van der Waals surface area contributed by atoms with E-state index < -0.39 is 0 Å². The van der Waals surface area contributed by atoms with Crippen LogP contribution in [0.1, 0.15) is 45.8 Å². The van der Waals surface area contributed by atoms with Gasteiger partial charge < -0.3 is 9.84 Å². The second-order valence-electron chi connectivity index (χ2n) is 5.30. The number of nitrogens with zero attached hydrogens (tertiary/aromatic N) is 3. The van der Waals surface area contributed by atoms with E-state index in [-0.39, 0.29) is 11.9 Å². The van der Waals surface area contributed by atoms with Crippen LogP contribution in [0.5, 0.6) is 0 Å². The Hall–Kier alpha value is -2.24. The highest BCUT2D eigenvalue weighted by atomic mass is 16.5. The molecule has 21 heavy (non-hydrogen) atoms. The third kappa shape index (κ3) is 3.45. The van der Waals surface area contributed by atoms with Crippen LogP contribution in [0.2, 0.25) is 0 Å². The number of hydrogen-bond acceptors (Lipinski definition) is 5. The Balaban J connectivity index is 2.05. The minimum absolute atomic E-state index is 0.0324. The van der Waals surface area contributed by atoms with Crippen LogP contribution in [0.25, 0.3) is 0 Å². The zero-order valence-electron chi connectivity index (χ0n) is 13.0. The smallest absolute Gasteiger partial charge is 0.254 e. The third-order valence-corrected chi connectivity index (χ3v) is 3.41. The van der Waals surface area contributed by atoms with Crippen molar-refractivity contribution in [2.45, 2.75) is 47.1 Å². The number of aryl methyl sites for hydroxylation is 4. The van der Waals surface area contributed by atoms with Crippen molar-refractivity contribution in [3.05, 3.63) is 40.3 Å². The molecular formula is C15H20N4O2. The normalized spacial score (nSPS) is 12.2. The lowest BCUT2D eigenvalue weighted by Gasteiger charge is -2.14. The number of rotatable bonds is 4. The van der Waals surface area contributed by atoms with Gasteiger partial charge in [0.2, 0.25) is 0 Å². The quantitative estimate of drug-likeness (QED) is 0.931. The second-order valence-corrected chi connectivity index (χ2v) is 5.30. The molecule has 1 atom stereocenters. The average Bonchev–Trinajstić information content (AvgIpc) is 2.70. The molecule has 0 aromatic carbocycles. The summed E-state index contributed by atoms with van der Waals surface area (Å²) in [6.45, 7) is 9.34. The number of carbonyl (C=O) groups excluding carboxylic acids is 1. The summed E-state index contributed by atoms with van der Waals surface area (Å²) in [5.41, 5.74) is 3.10. The van der Waals surface area contributed by atoms with Gasteiger partial charge in [-0.3, -0.25) is 4.79 Å². The van der Waals surface area contributed by atoms with Crippen LogP contribution in [0.4, 0.5) is 0 Å². The molecule has 0 aliphatic rings. The molecule has 2 aromatic heterocycles. The fraction of sp³-hybridized carbons (Fsp3) is 0.467. The number of carbonyl (C=O) groups is 1. The Kier molecular flexibility index (Phi) is 4.35. The number of aromatic nitrogens is 3. The molecule has 2 rings (SSSR count). The zero-order chi connectivity index (χ0) is 15.6. The van der Waals surface area contributed by atoms with E-state index in [0.29, 0.717) is 23.5 Å². The number of hydrogen-bond donors (Lipinski definition) is 1. The molecule has 1 N–H and O–H groups in total. The summed E-state index contributed by atoms with van der Waals surface area (Å²) in [6.07, 6.45) is 2.24. The average molecular weight is 288 g/mol. The SMILES string of the molecule is Cc1ncc(C(=O)N[C@@H](C)Cc2c(C)noc2C)c(C)n1. The van der Waals surface area contributed by atoms with Gasteiger partial charge in [0.1, 0.15) is 11.6 Å². The van der Waals surface area contributed by atoms with Gasteiger partial charge in [-0.05, 0) is 41.0 Å². The van der Waals surface area contributed by atoms with Gasteiger partial charge in [-0.2, -0.15) is 0 Å². The first-order chi connectivity index (χ1) is 9.88. The summed E-state index contributed by atoms with van der Waals surface area (Å²) < 4.78 is 5.14. The Bertz CT molecular complexity index is 644. The molecule has 0 radical (unpaired) electrons. The molecule has 0 spiro atoms. The minimum atomic E-state index is -0.160. The van der Waals surface area contributed by atoms with Crippen LogP contribution >= 0.6 is 0 Å². The Morgan fingerprint density at radius 3 is 2.57 bits per heavy atom. The van der Waals surface area contributed by atoms with Crippen LogP contribution in [0, 0.1) is 27.7 Å². The van der Waals surface area contributed by atoms with Gasteiger partial charge in [-0.15, -0.1) is 0 Å². The van der Waals surface area contributed by atoms with E-state index in [1.165, 1.54) is 0 Å². The highest BCUT2D eigenvalue weighted by Gasteiger charge is 2.17. The van der Waals surface area contributed by atoms with Gasteiger partial charge in [0.15, 0.2) is 0 Å². The van der Waals surface area contributed by atoms with Crippen molar-refractivity contribution in [2.75, 3.05) is 0 Å². The van der Waals surface area contributed by atoms with Gasteiger partial charge in [-0.25, -0.2) is 9.97 Å². The molecule has 0 saturated carbocycles. The monoisotopic (exact) mass is 288 g/mol. The van der Waals surface area contributed by atoms with Crippen LogP contribution in [-0.4, -0.2) is 27.1 Å². The van der Waals surface area contributed by atoms with Gasteiger partial charge >= 0.3 is 0 Å². The molecule has 0 saturated heterocycles. The maximum atomic E-state index is 12.3. The van der Waals surface area contributed by atoms with Crippen molar-refractivity contribution in [1.82, 2.24) is 20.4 Å². The molecule has 6 heteroatoms. The largest absolute Gasteiger partial charge is 0.361 e. The second kappa shape index (κ2) is 6.03. The van der Waals surface area contributed by atoms with Gasteiger partial charge in [-0.1, -0.05) is 5.16 Å². The number of nitrogens with one attached hydrogen (secondary N) is 1. The zero-order valence-corrected chi connectivity index (χ0v) is 13.0. The minimum Gasteiger partial charge on any atom is -0.361 e. The lowest BCUT2D eigenvalue weighted by Crippen LogP contribution is -2.35. The highest BCUT2D eigenvalue weighted by molar-refractivity contribution is 5.95.